The van der Waals surface area contributed by atoms with E-state index in [0.29, 0.717) is 6.42 Å². The second kappa shape index (κ2) is 4.04. The Morgan fingerprint density at radius 1 is 1.55 bits per heavy atom. The normalized spacial score (nSPS) is 17.8. The molecule has 0 bridgehead atoms. The molecule has 0 spiro atoms. The van der Waals surface area contributed by atoms with Crippen LogP contribution in [0.5, 0.6) is 0 Å². The van der Waals surface area contributed by atoms with Gasteiger partial charge in [0.05, 0.1) is 12.4 Å². The molecule has 0 radical (unpaired) electrons. The first-order valence-corrected chi connectivity index (χ1v) is 5.32. The Hall–Kier alpha value is -0.130. The maximum Gasteiger partial charge on any atom is 0.264 e. The number of nitrogens with two attached hydrogens (primary N) is 1. The van der Waals surface area contributed by atoms with Crippen LogP contribution in [0.25, 0.3) is 0 Å². The van der Waals surface area contributed by atoms with Crippen LogP contribution in [0, 0.1) is 0 Å². The predicted octanol–water partition coefficient (Wildman–Crippen LogP) is 0.0884. The van der Waals surface area contributed by atoms with E-state index in [2.05, 4.69) is 4.18 Å². The zero-order chi connectivity index (χ0) is 9.07. The highest BCUT2D eigenvalue weighted by Crippen LogP contribution is 2.03. The van der Waals surface area contributed by atoms with Crippen molar-refractivity contribution in [3.05, 3.63) is 0 Å². The van der Waals surface area contributed by atoms with Crippen molar-refractivity contribution in [2.45, 2.75) is 32.4 Å². The Morgan fingerprint density at radius 3 is 2.27 bits per heavy atom. The van der Waals surface area contributed by atoms with Crippen molar-refractivity contribution in [3.8, 4) is 0 Å². The van der Waals surface area contributed by atoms with Crippen molar-refractivity contribution < 1.29 is 12.6 Å². The molecule has 68 valence electrons. The van der Waals surface area contributed by atoms with E-state index in [0.717, 1.165) is 6.26 Å². The van der Waals surface area contributed by atoms with Crippen LogP contribution in [-0.4, -0.2) is 26.8 Å². The van der Waals surface area contributed by atoms with E-state index in [-0.39, 0.29) is 6.04 Å². The lowest BCUT2D eigenvalue weighted by molar-refractivity contribution is 0.196. The minimum Gasteiger partial charge on any atom is -0.325 e. The minimum atomic E-state index is -3.36. The van der Waals surface area contributed by atoms with Gasteiger partial charge in [-0.05, 0) is 13.3 Å². The average molecular weight is 181 g/mol. The van der Waals surface area contributed by atoms with Gasteiger partial charge in [-0.2, -0.15) is 8.42 Å². The largest absolute Gasteiger partial charge is 0.325 e. The van der Waals surface area contributed by atoms with E-state index in [1.54, 1.807) is 6.92 Å². The van der Waals surface area contributed by atoms with Crippen molar-refractivity contribution in [1.29, 1.82) is 0 Å². The van der Waals surface area contributed by atoms with Crippen molar-refractivity contribution in [3.63, 3.8) is 0 Å². The van der Waals surface area contributed by atoms with E-state index < -0.39 is 16.2 Å². The van der Waals surface area contributed by atoms with Crippen LogP contribution in [-0.2, 0) is 14.3 Å². The van der Waals surface area contributed by atoms with E-state index in [9.17, 15) is 8.42 Å². The third kappa shape index (κ3) is 5.17. The van der Waals surface area contributed by atoms with Gasteiger partial charge >= 0.3 is 0 Å². The Labute approximate surface area is 67.9 Å². The molecule has 0 heterocycles. The molecule has 0 fully saturated rings. The summed E-state index contributed by atoms with van der Waals surface area (Å²) in [4.78, 5) is 0. The lowest BCUT2D eigenvalue weighted by atomic mass is 10.1. The topological polar surface area (TPSA) is 69.4 Å². The molecule has 0 aliphatic heterocycles. The van der Waals surface area contributed by atoms with Gasteiger partial charge in [0.2, 0.25) is 0 Å². The molecule has 0 saturated carbocycles. The molecule has 4 nitrogen and oxygen atoms in total. The van der Waals surface area contributed by atoms with E-state index in [1.807, 2.05) is 6.92 Å². The third-order valence-corrected chi connectivity index (χ3v) is 2.05. The number of hydrogen-bond acceptors (Lipinski definition) is 4. The summed E-state index contributed by atoms with van der Waals surface area (Å²) in [6.45, 7) is 3.53. The molecular formula is C6H15NO3S. The van der Waals surface area contributed by atoms with Gasteiger partial charge in [-0.3, -0.25) is 4.18 Å². The fraction of sp³-hybridized carbons (Fsp3) is 1.00. The van der Waals surface area contributed by atoms with Gasteiger partial charge in [0, 0.05) is 6.04 Å². The quantitative estimate of drug-likeness (QED) is 0.624. The Morgan fingerprint density at radius 2 is 2.00 bits per heavy atom. The summed E-state index contributed by atoms with van der Waals surface area (Å²) < 4.78 is 25.8. The molecule has 5 heteroatoms. The maximum atomic E-state index is 10.6. The summed E-state index contributed by atoms with van der Waals surface area (Å²) in [6, 6.07) is -0.218. The minimum absolute atomic E-state index is 0.218. The van der Waals surface area contributed by atoms with Crippen LogP contribution in [0.2, 0.25) is 0 Å². The van der Waals surface area contributed by atoms with Crippen LogP contribution < -0.4 is 5.73 Å². The molecule has 11 heavy (non-hydrogen) atoms. The van der Waals surface area contributed by atoms with E-state index in [1.165, 1.54) is 0 Å². The van der Waals surface area contributed by atoms with Gasteiger partial charge in [0.1, 0.15) is 0 Å². The summed E-state index contributed by atoms with van der Waals surface area (Å²) in [5, 5.41) is 0. The van der Waals surface area contributed by atoms with Crippen LogP contribution in [0.15, 0.2) is 0 Å². The monoisotopic (exact) mass is 181 g/mol. The van der Waals surface area contributed by atoms with Gasteiger partial charge < -0.3 is 5.73 Å². The molecule has 0 amide bonds. The summed E-state index contributed by atoms with van der Waals surface area (Å²) in [5.74, 6) is 0. The van der Waals surface area contributed by atoms with Gasteiger partial charge in [-0.1, -0.05) is 6.92 Å². The smallest absolute Gasteiger partial charge is 0.264 e. The van der Waals surface area contributed by atoms with Gasteiger partial charge in [0.25, 0.3) is 10.1 Å². The van der Waals surface area contributed by atoms with Crippen LogP contribution in [0.3, 0.4) is 0 Å². The summed E-state index contributed by atoms with van der Waals surface area (Å²) in [5.41, 5.74) is 5.53. The highest BCUT2D eigenvalue weighted by Gasteiger charge is 2.15. The van der Waals surface area contributed by atoms with Crippen molar-refractivity contribution >= 4 is 10.1 Å². The molecule has 0 aromatic carbocycles. The Kier molecular flexibility index (Phi) is 3.99. The SMILES string of the molecule is CC[C@H](N)[C@H](C)OS(C)(=O)=O. The molecule has 0 aromatic rings. The fourth-order valence-electron chi connectivity index (χ4n) is 0.679. The third-order valence-electron chi connectivity index (χ3n) is 1.40. The molecule has 0 rings (SSSR count). The second-order valence-corrected chi connectivity index (χ2v) is 4.18. The van der Waals surface area contributed by atoms with Crippen molar-refractivity contribution in [2.75, 3.05) is 6.26 Å². The predicted molar refractivity (Wildman–Crippen MR) is 43.7 cm³/mol. The summed E-state index contributed by atoms with van der Waals surface area (Å²) in [6.07, 6.45) is 1.29. The molecule has 0 aliphatic carbocycles. The first kappa shape index (κ1) is 10.9. The molecule has 0 unspecified atom stereocenters. The standard InChI is InChI=1S/C6H15NO3S/c1-4-6(7)5(2)10-11(3,8)9/h5-6H,4,7H2,1-3H3/t5-,6-/m0/s1. The summed E-state index contributed by atoms with van der Waals surface area (Å²) in [7, 11) is -3.36. The zero-order valence-corrected chi connectivity index (χ0v) is 7.89. The Bertz CT molecular complexity index is 200. The number of hydrogen-bond donors (Lipinski definition) is 1. The lowest BCUT2D eigenvalue weighted by Crippen LogP contribution is -2.35. The molecular weight excluding hydrogens is 166 g/mol. The number of rotatable bonds is 4. The average Bonchev–Trinajstić information content (AvgIpc) is 1.82. The highest BCUT2D eigenvalue weighted by atomic mass is 32.2. The molecule has 2 atom stereocenters. The van der Waals surface area contributed by atoms with Crippen molar-refractivity contribution in [2.24, 2.45) is 5.73 Å². The van der Waals surface area contributed by atoms with Gasteiger partial charge in [-0.25, -0.2) is 0 Å². The van der Waals surface area contributed by atoms with Crippen molar-refractivity contribution in [1.82, 2.24) is 0 Å². The Balaban J connectivity index is 3.98. The maximum absolute atomic E-state index is 10.6. The van der Waals surface area contributed by atoms with Gasteiger partial charge in [0.15, 0.2) is 0 Å². The lowest BCUT2D eigenvalue weighted by Gasteiger charge is -2.16. The molecule has 0 saturated heterocycles. The first-order chi connectivity index (χ1) is 4.87. The van der Waals surface area contributed by atoms with E-state index >= 15 is 0 Å². The molecule has 0 aliphatic rings. The van der Waals surface area contributed by atoms with Crippen LogP contribution in [0.1, 0.15) is 20.3 Å². The first-order valence-electron chi connectivity index (χ1n) is 3.50. The molecule has 0 aromatic heterocycles. The zero-order valence-electron chi connectivity index (χ0n) is 7.07. The van der Waals surface area contributed by atoms with Crippen LogP contribution >= 0.6 is 0 Å². The summed E-state index contributed by atoms with van der Waals surface area (Å²) >= 11 is 0. The fourth-order valence-corrected chi connectivity index (χ4v) is 1.37. The van der Waals surface area contributed by atoms with E-state index in [4.69, 9.17) is 5.73 Å². The van der Waals surface area contributed by atoms with Gasteiger partial charge in [-0.15, -0.1) is 0 Å². The van der Waals surface area contributed by atoms with Crippen LogP contribution in [0.4, 0.5) is 0 Å². The molecule has 2 N–H and O–H groups in total. The second-order valence-electron chi connectivity index (χ2n) is 2.58. The highest BCUT2D eigenvalue weighted by molar-refractivity contribution is 7.86.